The Balaban J connectivity index is 2.04. The molecule has 1 heterocycles. The van der Waals surface area contributed by atoms with Crippen molar-refractivity contribution in [1.29, 1.82) is 0 Å². The molecule has 126 valence electrons. The number of hydrogen-bond donors (Lipinski definition) is 0. The van der Waals surface area contributed by atoms with Gasteiger partial charge in [-0.1, -0.05) is 54.6 Å². The molecular formula is C23H18OPS+. The normalized spacial score (nSPS) is 15.5. The van der Waals surface area contributed by atoms with E-state index < -0.39 is 7.26 Å². The summed E-state index contributed by atoms with van der Waals surface area (Å²) < 4.78 is 0. The van der Waals surface area contributed by atoms with E-state index in [1.54, 1.807) is 6.08 Å². The molecule has 3 aromatic rings. The largest absolute Gasteiger partial charge is 0.282 e. The van der Waals surface area contributed by atoms with Gasteiger partial charge >= 0.3 is 0 Å². The highest BCUT2D eigenvalue weighted by Crippen LogP contribution is 2.58. The Morgan fingerprint density at radius 1 is 0.615 bits per heavy atom. The molecule has 0 saturated heterocycles. The molecular weight excluding hydrogens is 355 g/mol. The number of benzene rings is 3. The summed E-state index contributed by atoms with van der Waals surface area (Å²) in [6.07, 6.45) is 3.60. The number of allylic oxidation sites excluding steroid dienone is 1. The first-order chi connectivity index (χ1) is 12.8. The van der Waals surface area contributed by atoms with Crippen LogP contribution < -0.4 is 15.9 Å². The Hall–Kier alpha value is -2.41. The average Bonchev–Trinajstić information content (AvgIpc) is 3.13. The number of carbonyl (C=O) groups is 1. The van der Waals surface area contributed by atoms with E-state index in [-0.39, 0.29) is 5.12 Å². The van der Waals surface area contributed by atoms with Crippen LogP contribution in [-0.4, -0.2) is 5.12 Å². The summed E-state index contributed by atoms with van der Waals surface area (Å²) in [7, 11) is -2.02. The van der Waals surface area contributed by atoms with Gasteiger partial charge in [0.2, 0.25) is 5.12 Å². The third kappa shape index (κ3) is 3.19. The van der Waals surface area contributed by atoms with E-state index in [0.717, 1.165) is 4.91 Å². The van der Waals surface area contributed by atoms with Crippen molar-refractivity contribution in [3.63, 3.8) is 0 Å². The number of carbonyl (C=O) groups excluding carboxylic acids is 1. The summed E-state index contributed by atoms with van der Waals surface area (Å²) in [6, 6.07) is 31.9. The van der Waals surface area contributed by atoms with Gasteiger partial charge in [-0.2, -0.15) is 0 Å². The Morgan fingerprint density at radius 2 is 1.04 bits per heavy atom. The van der Waals surface area contributed by atoms with Gasteiger partial charge in [0.05, 0.1) is 10.7 Å². The van der Waals surface area contributed by atoms with Crippen LogP contribution in [0.1, 0.15) is 0 Å². The molecule has 3 heteroatoms. The van der Waals surface area contributed by atoms with Crippen molar-refractivity contribution in [3.05, 3.63) is 114 Å². The topological polar surface area (TPSA) is 17.1 Å². The first-order valence-corrected chi connectivity index (χ1v) is 11.1. The van der Waals surface area contributed by atoms with Gasteiger partial charge in [0.15, 0.2) is 0 Å². The second-order valence-corrected chi connectivity index (χ2v) is 10.3. The van der Waals surface area contributed by atoms with Gasteiger partial charge in [-0.25, -0.2) is 0 Å². The van der Waals surface area contributed by atoms with Gasteiger partial charge in [0.1, 0.15) is 23.2 Å². The van der Waals surface area contributed by atoms with Gasteiger partial charge in [-0.05, 0) is 60.3 Å². The van der Waals surface area contributed by atoms with Crippen LogP contribution in [0.2, 0.25) is 0 Å². The van der Waals surface area contributed by atoms with Crippen molar-refractivity contribution in [1.82, 2.24) is 0 Å². The van der Waals surface area contributed by atoms with E-state index in [1.807, 2.05) is 6.08 Å². The van der Waals surface area contributed by atoms with Gasteiger partial charge in [-0.15, -0.1) is 0 Å². The molecule has 0 atom stereocenters. The predicted octanol–water partition coefficient (Wildman–Crippen LogP) is 4.65. The van der Waals surface area contributed by atoms with Crippen LogP contribution in [0.15, 0.2) is 114 Å². The van der Waals surface area contributed by atoms with Gasteiger partial charge in [-0.3, -0.25) is 4.79 Å². The molecule has 0 amide bonds. The molecule has 26 heavy (non-hydrogen) atoms. The molecule has 0 aliphatic carbocycles. The second kappa shape index (κ2) is 7.45. The summed E-state index contributed by atoms with van der Waals surface area (Å²) in [6.45, 7) is 0. The average molecular weight is 373 g/mol. The fourth-order valence-electron chi connectivity index (χ4n) is 3.25. The Morgan fingerprint density at radius 3 is 1.38 bits per heavy atom. The minimum atomic E-state index is -2.02. The van der Waals surface area contributed by atoms with Crippen LogP contribution in [0.5, 0.6) is 0 Å². The standard InChI is InChI=1S/C23H18OPS/c24-23-17-16-22(26-23)18-25(19-10-4-1-5-11-19,20-12-6-2-7-13-20)21-14-8-3-9-15-21/h1-18H/q+1/b22-18-. The zero-order valence-electron chi connectivity index (χ0n) is 14.2. The van der Waals surface area contributed by atoms with E-state index in [2.05, 4.69) is 96.8 Å². The highest BCUT2D eigenvalue weighted by molar-refractivity contribution is 8.18. The van der Waals surface area contributed by atoms with Gasteiger partial charge < -0.3 is 0 Å². The molecule has 0 fully saturated rings. The first kappa shape index (κ1) is 17.0. The fraction of sp³-hybridized carbons (Fsp3) is 0. The SMILES string of the molecule is O=C1C=C/C(=C/[P+](c2ccccc2)(c2ccccc2)c2ccccc2)S1. The quantitative estimate of drug-likeness (QED) is 0.619. The lowest BCUT2D eigenvalue weighted by Gasteiger charge is -2.24. The maximum absolute atomic E-state index is 11.8. The van der Waals surface area contributed by atoms with Crippen LogP contribution in [0.3, 0.4) is 0 Å². The zero-order chi connectivity index (χ0) is 17.8. The third-order valence-electron chi connectivity index (χ3n) is 4.41. The molecule has 1 nitrogen and oxygen atoms in total. The van der Waals surface area contributed by atoms with Crippen molar-refractivity contribution in [2.24, 2.45) is 0 Å². The molecule has 0 aromatic heterocycles. The van der Waals surface area contributed by atoms with Crippen molar-refractivity contribution < 1.29 is 4.79 Å². The lowest BCUT2D eigenvalue weighted by Crippen LogP contribution is -2.29. The fourth-order valence-corrected chi connectivity index (χ4v) is 8.18. The molecule has 0 N–H and O–H groups in total. The second-order valence-electron chi connectivity index (χ2n) is 6.02. The highest BCUT2D eigenvalue weighted by Gasteiger charge is 2.44. The zero-order valence-corrected chi connectivity index (χ0v) is 15.9. The minimum absolute atomic E-state index is 0.100. The smallest absolute Gasteiger partial charge is 0.217 e. The summed E-state index contributed by atoms with van der Waals surface area (Å²) in [5, 5.41) is 3.97. The lowest BCUT2D eigenvalue weighted by atomic mass is 10.4. The monoisotopic (exact) mass is 373 g/mol. The van der Waals surface area contributed by atoms with E-state index in [1.165, 1.54) is 27.7 Å². The van der Waals surface area contributed by atoms with Crippen molar-refractivity contribution >= 4 is 40.1 Å². The van der Waals surface area contributed by atoms with Gasteiger partial charge in [0, 0.05) is 0 Å². The van der Waals surface area contributed by atoms with Crippen LogP contribution >= 0.6 is 19.0 Å². The molecule has 0 spiro atoms. The molecule has 3 aromatic carbocycles. The summed E-state index contributed by atoms with van der Waals surface area (Å²) in [5.74, 6) is 2.33. The summed E-state index contributed by atoms with van der Waals surface area (Å²) >= 11 is 1.32. The first-order valence-electron chi connectivity index (χ1n) is 8.47. The van der Waals surface area contributed by atoms with Crippen molar-refractivity contribution in [2.45, 2.75) is 0 Å². The van der Waals surface area contributed by atoms with E-state index >= 15 is 0 Å². The minimum Gasteiger partial charge on any atom is -0.282 e. The molecule has 1 aliphatic heterocycles. The number of rotatable bonds is 4. The van der Waals surface area contributed by atoms with E-state index in [9.17, 15) is 4.79 Å². The maximum Gasteiger partial charge on any atom is 0.217 e. The molecule has 1 aliphatic rings. The highest BCUT2D eigenvalue weighted by atomic mass is 32.2. The van der Waals surface area contributed by atoms with Crippen LogP contribution in [-0.2, 0) is 4.79 Å². The van der Waals surface area contributed by atoms with Crippen LogP contribution in [0.25, 0.3) is 0 Å². The van der Waals surface area contributed by atoms with E-state index in [4.69, 9.17) is 0 Å². The maximum atomic E-state index is 11.8. The Labute approximate surface area is 158 Å². The third-order valence-corrected chi connectivity index (χ3v) is 9.42. The predicted molar refractivity (Wildman–Crippen MR) is 115 cm³/mol. The Kier molecular flexibility index (Phi) is 4.88. The van der Waals surface area contributed by atoms with Crippen LogP contribution in [0.4, 0.5) is 0 Å². The molecule has 0 unspecified atom stereocenters. The van der Waals surface area contributed by atoms with Crippen molar-refractivity contribution in [2.75, 3.05) is 0 Å². The Bertz CT molecular complexity index is 866. The van der Waals surface area contributed by atoms with E-state index in [0.29, 0.717) is 0 Å². The van der Waals surface area contributed by atoms with Gasteiger partial charge in [0.25, 0.3) is 0 Å². The number of hydrogen-bond acceptors (Lipinski definition) is 2. The number of thioether (sulfide) groups is 1. The molecule has 0 radical (unpaired) electrons. The van der Waals surface area contributed by atoms with Crippen LogP contribution in [0, 0.1) is 0 Å². The molecule has 0 bridgehead atoms. The molecule has 4 rings (SSSR count). The lowest BCUT2D eigenvalue weighted by molar-refractivity contribution is -0.106. The summed E-state index contributed by atoms with van der Waals surface area (Å²) in [4.78, 5) is 12.8. The van der Waals surface area contributed by atoms with Crippen molar-refractivity contribution in [3.8, 4) is 0 Å². The summed E-state index contributed by atoms with van der Waals surface area (Å²) in [5.41, 5.74) is 0. The molecule has 0 saturated carbocycles.